The van der Waals surface area contributed by atoms with Crippen molar-refractivity contribution in [3.8, 4) is 11.8 Å². The van der Waals surface area contributed by atoms with Crippen LogP contribution in [0.4, 0.5) is 0 Å². The first-order valence-corrected chi connectivity index (χ1v) is 6.42. The molecule has 98 valence electrons. The summed E-state index contributed by atoms with van der Waals surface area (Å²) < 4.78 is 7.34. The Balaban J connectivity index is 2.03. The zero-order valence-corrected chi connectivity index (χ0v) is 10.8. The highest BCUT2D eigenvalue weighted by Gasteiger charge is 2.61. The van der Waals surface area contributed by atoms with Crippen molar-refractivity contribution in [2.24, 2.45) is 5.92 Å². The van der Waals surface area contributed by atoms with Gasteiger partial charge in [-0.1, -0.05) is 19.9 Å². The molecule has 0 amide bonds. The number of epoxide rings is 1. The van der Waals surface area contributed by atoms with Gasteiger partial charge in [0.1, 0.15) is 5.60 Å². The summed E-state index contributed by atoms with van der Waals surface area (Å²) in [4.78, 5) is 0. The number of allylic oxidation sites excluding steroid dienone is 1. The van der Waals surface area contributed by atoms with Crippen molar-refractivity contribution in [1.29, 1.82) is 0 Å². The van der Waals surface area contributed by atoms with Gasteiger partial charge in [-0.15, -0.1) is 6.58 Å². The molecule has 2 atom stereocenters. The molecule has 0 saturated carbocycles. The summed E-state index contributed by atoms with van der Waals surface area (Å²) in [7, 11) is 0. The third-order valence-electron chi connectivity index (χ3n) is 4.40. The molecule has 1 aromatic rings. The summed E-state index contributed by atoms with van der Waals surface area (Å²) in [6, 6.07) is 0. The van der Waals surface area contributed by atoms with Crippen LogP contribution in [-0.2, 0) is 24.1 Å². The predicted molar refractivity (Wildman–Crippen MR) is 67.8 cm³/mol. The highest BCUT2D eigenvalue weighted by atomic mass is 16.6. The zero-order valence-electron chi connectivity index (χ0n) is 10.8. The fraction of sp³-hybridized carbons (Fsp3) is 0.571. The number of hydrogen-bond donors (Lipinski definition) is 2. The smallest absolute Gasteiger partial charge is 0.197 e. The molecule has 4 nitrogen and oxygen atoms in total. The second-order valence-corrected chi connectivity index (χ2v) is 5.60. The van der Waals surface area contributed by atoms with E-state index in [2.05, 4.69) is 20.4 Å². The van der Waals surface area contributed by atoms with E-state index in [1.54, 1.807) is 6.08 Å². The van der Waals surface area contributed by atoms with Gasteiger partial charge in [-0.25, -0.2) is 0 Å². The summed E-state index contributed by atoms with van der Waals surface area (Å²) in [6.45, 7) is 8.35. The Morgan fingerprint density at radius 1 is 1.44 bits per heavy atom. The van der Waals surface area contributed by atoms with Crippen LogP contribution >= 0.6 is 0 Å². The molecule has 1 fully saturated rings. The van der Waals surface area contributed by atoms with Crippen molar-refractivity contribution in [3.63, 3.8) is 0 Å². The maximum atomic E-state index is 10.2. The molecule has 3 rings (SSSR count). The molecule has 0 bridgehead atoms. The maximum absolute atomic E-state index is 10.2. The van der Waals surface area contributed by atoms with Crippen LogP contribution in [0.15, 0.2) is 12.7 Å². The summed E-state index contributed by atoms with van der Waals surface area (Å²) in [5.41, 5.74) is 1.56. The van der Waals surface area contributed by atoms with Gasteiger partial charge < -0.3 is 14.9 Å². The molecule has 18 heavy (non-hydrogen) atoms. The molecule has 0 spiro atoms. The lowest BCUT2D eigenvalue weighted by Gasteiger charge is -2.21. The van der Waals surface area contributed by atoms with Gasteiger partial charge in [-0.05, 0) is 5.92 Å². The summed E-state index contributed by atoms with van der Waals surface area (Å²) in [5, 5.41) is 20.4. The monoisotopic (exact) mass is 249 g/mol. The normalized spacial score (nSPS) is 28.9. The SMILES string of the molecule is C=CCn1c(O)c2c(c1O)CC1(C(C)C)OC1C2. The molecule has 2 unspecified atom stereocenters. The van der Waals surface area contributed by atoms with E-state index in [1.165, 1.54) is 4.57 Å². The second kappa shape index (κ2) is 3.54. The molecule has 0 aromatic carbocycles. The average Bonchev–Trinajstić information content (AvgIpc) is 3.02. The van der Waals surface area contributed by atoms with Gasteiger partial charge in [-0.3, -0.25) is 4.57 Å². The molecule has 1 aliphatic heterocycles. The van der Waals surface area contributed by atoms with E-state index < -0.39 is 0 Å². The summed E-state index contributed by atoms with van der Waals surface area (Å²) >= 11 is 0. The molecule has 2 aliphatic rings. The quantitative estimate of drug-likeness (QED) is 0.636. The van der Waals surface area contributed by atoms with Gasteiger partial charge in [-0.2, -0.15) is 0 Å². The van der Waals surface area contributed by atoms with Crippen LogP contribution in [0.5, 0.6) is 11.8 Å². The van der Waals surface area contributed by atoms with Crippen molar-refractivity contribution in [2.45, 2.75) is 44.9 Å². The molecule has 4 heteroatoms. The number of aromatic hydroxyl groups is 2. The van der Waals surface area contributed by atoms with Crippen LogP contribution < -0.4 is 0 Å². The van der Waals surface area contributed by atoms with Crippen LogP contribution in [0, 0.1) is 5.92 Å². The van der Waals surface area contributed by atoms with Crippen molar-refractivity contribution in [2.75, 3.05) is 0 Å². The van der Waals surface area contributed by atoms with E-state index in [0.717, 1.165) is 11.1 Å². The number of ether oxygens (including phenoxy) is 1. The van der Waals surface area contributed by atoms with Gasteiger partial charge in [0.05, 0.1) is 6.10 Å². The lowest BCUT2D eigenvalue weighted by Crippen LogP contribution is -2.30. The van der Waals surface area contributed by atoms with E-state index in [4.69, 9.17) is 4.74 Å². The number of hydrogen-bond acceptors (Lipinski definition) is 3. The summed E-state index contributed by atoms with van der Waals surface area (Å²) in [5.74, 6) is 0.742. The number of nitrogens with zero attached hydrogens (tertiary/aromatic N) is 1. The van der Waals surface area contributed by atoms with Crippen molar-refractivity contribution < 1.29 is 14.9 Å². The van der Waals surface area contributed by atoms with Crippen LogP contribution in [-0.4, -0.2) is 26.5 Å². The number of fused-ring (bicyclic) bond motifs is 2. The zero-order chi connectivity index (χ0) is 13.1. The Kier molecular flexibility index (Phi) is 2.29. The fourth-order valence-electron chi connectivity index (χ4n) is 3.17. The highest BCUT2D eigenvalue weighted by Crippen LogP contribution is 2.54. The Bertz CT molecular complexity index is 518. The first-order chi connectivity index (χ1) is 8.51. The van der Waals surface area contributed by atoms with Gasteiger partial charge in [0.25, 0.3) is 0 Å². The Labute approximate surface area is 107 Å². The van der Waals surface area contributed by atoms with Gasteiger partial charge >= 0.3 is 0 Å². The lowest BCUT2D eigenvalue weighted by atomic mass is 9.79. The average molecular weight is 249 g/mol. The Hall–Kier alpha value is -1.42. The molecule has 0 radical (unpaired) electrons. The van der Waals surface area contributed by atoms with E-state index in [9.17, 15) is 10.2 Å². The largest absolute Gasteiger partial charge is 0.494 e. The molecule has 1 saturated heterocycles. The Morgan fingerprint density at radius 2 is 2.11 bits per heavy atom. The molecule has 1 aromatic heterocycles. The minimum atomic E-state index is -0.128. The summed E-state index contributed by atoms with van der Waals surface area (Å²) in [6.07, 6.45) is 3.24. The third kappa shape index (κ3) is 1.29. The number of rotatable bonds is 3. The minimum absolute atomic E-state index is 0.128. The fourth-order valence-corrected chi connectivity index (χ4v) is 3.17. The highest BCUT2D eigenvalue weighted by molar-refractivity contribution is 5.50. The standard InChI is InChI=1S/C14H19NO3/c1-4-5-15-12(16)9-6-11-14(18-11,8(2)3)7-10(9)13(15)17/h4,8,11,16-17H,1,5-7H2,2-3H3. The van der Waals surface area contributed by atoms with Crippen LogP contribution in [0.3, 0.4) is 0 Å². The lowest BCUT2D eigenvalue weighted by molar-refractivity contribution is 0.235. The minimum Gasteiger partial charge on any atom is -0.494 e. The van der Waals surface area contributed by atoms with Crippen LogP contribution in [0.2, 0.25) is 0 Å². The van der Waals surface area contributed by atoms with E-state index in [1.807, 2.05) is 0 Å². The topological polar surface area (TPSA) is 57.9 Å². The van der Waals surface area contributed by atoms with Crippen LogP contribution in [0.1, 0.15) is 25.0 Å². The Morgan fingerprint density at radius 3 is 2.72 bits per heavy atom. The van der Waals surface area contributed by atoms with Crippen LogP contribution in [0.25, 0.3) is 0 Å². The molecule has 2 heterocycles. The predicted octanol–water partition coefficient (Wildman–Crippen LogP) is 1.98. The van der Waals surface area contributed by atoms with E-state index in [0.29, 0.717) is 25.3 Å². The van der Waals surface area contributed by atoms with Crippen molar-refractivity contribution in [3.05, 3.63) is 23.8 Å². The number of aromatic nitrogens is 1. The molecule has 1 aliphatic carbocycles. The molecular weight excluding hydrogens is 230 g/mol. The second-order valence-electron chi connectivity index (χ2n) is 5.60. The van der Waals surface area contributed by atoms with Crippen molar-refractivity contribution in [1.82, 2.24) is 4.57 Å². The van der Waals surface area contributed by atoms with Crippen molar-refractivity contribution >= 4 is 0 Å². The van der Waals surface area contributed by atoms with Gasteiger partial charge in [0.2, 0.25) is 0 Å². The van der Waals surface area contributed by atoms with Gasteiger partial charge in [0.15, 0.2) is 11.8 Å². The molecule has 2 N–H and O–H groups in total. The maximum Gasteiger partial charge on any atom is 0.197 e. The van der Waals surface area contributed by atoms with E-state index >= 15 is 0 Å². The van der Waals surface area contributed by atoms with E-state index in [-0.39, 0.29) is 23.5 Å². The molecular formula is C14H19NO3. The third-order valence-corrected chi connectivity index (χ3v) is 4.40. The van der Waals surface area contributed by atoms with Gasteiger partial charge in [0, 0.05) is 30.5 Å². The first-order valence-electron chi connectivity index (χ1n) is 6.42. The first kappa shape index (κ1) is 11.7.